The second-order valence-corrected chi connectivity index (χ2v) is 5.50. The first-order valence-electron chi connectivity index (χ1n) is 4.36. The third-order valence-electron chi connectivity index (χ3n) is 2.17. The standard InChI is InChI=1S/C7H12ClF2NO3S/c1-5-4-14-6(2-8)3-11(5)15(12,13)7(9)10/h5-7H,2-4H2,1H3. The van der Waals surface area contributed by atoms with Gasteiger partial charge in [-0.05, 0) is 6.92 Å². The summed E-state index contributed by atoms with van der Waals surface area (Å²) in [5.41, 5.74) is 0. The molecule has 1 aliphatic rings. The predicted molar refractivity (Wildman–Crippen MR) is 51.6 cm³/mol. The molecule has 1 fully saturated rings. The van der Waals surface area contributed by atoms with Gasteiger partial charge in [0, 0.05) is 18.5 Å². The first-order valence-corrected chi connectivity index (χ1v) is 6.39. The Balaban J connectivity index is 2.83. The third kappa shape index (κ3) is 2.77. The highest BCUT2D eigenvalue weighted by molar-refractivity contribution is 7.89. The van der Waals surface area contributed by atoms with Gasteiger partial charge in [0.05, 0.1) is 12.7 Å². The van der Waals surface area contributed by atoms with E-state index in [9.17, 15) is 17.2 Å². The molecule has 90 valence electrons. The van der Waals surface area contributed by atoms with Gasteiger partial charge in [0.2, 0.25) is 0 Å². The largest absolute Gasteiger partial charge is 0.374 e. The number of sulfonamides is 1. The zero-order chi connectivity index (χ0) is 11.6. The van der Waals surface area contributed by atoms with Crippen molar-refractivity contribution in [3.8, 4) is 0 Å². The monoisotopic (exact) mass is 263 g/mol. The number of alkyl halides is 3. The van der Waals surface area contributed by atoms with Crippen LogP contribution in [-0.4, -0.2) is 49.7 Å². The van der Waals surface area contributed by atoms with Crippen LogP contribution >= 0.6 is 11.6 Å². The van der Waals surface area contributed by atoms with Crippen molar-refractivity contribution < 1.29 is 21.9 Å². The van der Waals surface area contributed by atoms with Crippen molar-refractivity contribution in [2.24, 2.45) is 0 Å². The summed E-state index contributed by atoms with van der Waals surface area (Å²) in [5.74, 6) is -3.31. The average molecular weight is 264 g/mol. The van der Waals surface area contributed by atoms with E-state index in [4.69, 9.17) is 16.3 Å². The highest BCUT2D eigenvalue weighted by atomic mass is 35.5. The highest BCUT2D eigenvalue weighted by Crippen LogP contribution is 2.21. The molecule has 0 N–H and O–H groups in total. The first kappa shape index (κ1) is 13.1. The van der Waals surface area contributed by atoms with Crippen LogP contribution in [0.3, 0.4) is 0 Å². The molecular weight excluding hydrogens is 252 g/mol. The van der Waals surface area contributed by atoms with Crippen LogP contribution in [0.1, 0.15) is 6.92 Å². The zero-order valence-electron chi connectivity index (χ0n) is 8.07. The molecule has 15 heavy (non-hydrogen) atoms. The van der Waals surface area contributed by atoms with Crippen LogP contribution in [0.4, 0.5) is 8.78 Å². The van der Waals surface area contributed by atoms with Gasteiger partial charge in [0.25, 0.3) is 10.0 Å². The van der Waals surface area contributed by atoms with Gasteiger partial charge in [-0.3, -0.25) is 0 Å². The Morgan fingerprint density at radius 3 is 2.67 bits per heavy atom. The van der Waals surface area contributed by atoms with Crippen molar-refractivity contribution in [2.75, 3.05) is 19.0 Å². The van der Waals surface area contributed by atoms with E-state index in [1.54, 1.807) is 0 Å². The molecule has 1 saturated heterocycles. The quantitative estimate of drug-likeness (QED) is 0.710. The van der Waals surface area contributed by atoms with Crippen molar-refractivity contribution >= 4 is 21.6 Å². The van der Waals surface area contributed by atoms with Crippen molar-refractivity contribution in [1.29, 1.82) is 0 Å². The lowest BCUT2D eigenvalue weighted by Gasteiger charge is -2.35. The molecule has 0 aromatic rings. The molecular formula is C7H12ClF2NO3S. The van der Waals surface area contributed by atoms with Crippen LogP contribution in [0.25, 0.3) is 0 Å². The number of hydrogen-bond acceptors (Lipinski definition) is 3. The number of halogens is 3. The van der Waals surface area contributed by atoms with Crippen molar-refractivity contribution in [3.63, 3.8) is 0 Å². The normalized spacial score (nSPS) is 29.7. The molecule has 1 heterocycles. The molecule has 0 aromatic carbocycles. The van der Waals surface area contributed by atoms with Gasteiger partial charge in [0.1, 0.15) is 0 Å². The van der Waals surface area contributed by atoms with E-state index in [0.29, 0.717) is 0 Å². The van der Waals surface area contributed by atoms with Gasteiger partial charge in [-0.2, -0.15) is 13.1 Å². The highest BCUT2D eigenvalue weighted by Gasteiger charge is 2.39. The summed E-state index contributed by atoms with van der Waals surface area (Å²) in [6, 6.07) is -0.580. The first-order chi connectivity index (χ1) is 6.89. The maximum absolute atomic E-state index is 12.3. The molecule has 8 heteroatoms. The molecule has 1 aliphatic heterocycles. The minimum Gasteiger partial charge on any atom is -0.374 e. The number of ether oxygens (including phenoxy) is 1. The molecule has 0 spiro atoms. The lowest BCUT2D eigenvalue weighted by Crippen LogP contribution is -2.52. The lowest BCUT2D eigenvalue weighted by atomic mass is 10.2. The second-order valence-electron chi connectivity index (χ2n) is 3.33. The van der Waals surface area contributed by atoms with Crippen LogP contribution < -0.4 is 0 Å². The van der Waals surface area contributed by atoms with Gasteiger partial charge in [-0.25, -0.2) is 8.42 Å². The van der Waals surface area contributed by atoms with Gasteiger partial charge in [0.15, 0.2) is 0 Å². The van der Waals surface area contributed by atoms with E-state index in [-0.39, 0.29) is 19.0 Å². The summed E-state index contributed by atoms with van der Waals surface area (Å²) in [5, 5.41) is 0. The third-order valence-corrected chi connectivity index (χ3v) is 4.13. The van der Waals surface area contributed by atoms with E-state index >= 15 is 0 Å². The molecule has 2 unspecified atom stereocenters. The van der Waals surface area contributed by atoms with Gasteiger partial charge >= 0.3 is 5.76 Å². The molecule has 0 saturated carbocycles. The molecule has 0 radical (unpaired) electrons. The van der Waals surface area contributed by atoms with E-state index in [1.165, 1.54) is 6.92 Å². The van der Waals surface area contributed by atoms with Crippen molar-refractivity contribution in [1.82, 2.24) is 4.31 Å². The Hall–Kier alpha value is 0.0200. The van der Waals surface area contributed by atoms with Crippen LogP contribution in [-0.2, 0) is 14.8 Å². The Kier molecular flexibility index (Phi) is 4.28. The van der Waals surface area contributed by atoms with Crippen LogP contribution in [0.15, 0.2) is 0 Å². The fourth-order valence-corrected chi connectivity index (χ4v) is 2.67. The summed E-state index contributed by atoms with van der Waals surface area (Å²) in [6.45, 7) is 1.49. The molecule has 4 nitrogen and oxygen atoms in total. The van der Waals surface area contributed by atoms with Gasteiger partial charge < -0.3 is 4.74 Å². The summed E-state index contributed by atoms with van der Waals surface area (Å²) < 4.78 is 53.0. The molecule has 2 atom stereocenters. The van der Waals surface area contributed by atoms with E-state index < -0.39 is 27.9 Å². The Bertz CT molecular complexity index is 311. The fourth-order valence-electron chi connectivity index (χ4n) is 1.34. The number of morpholine rings is 1. The topological polar surface area (TPSA) is 46.6 Å². The zero-order valence-corrected chi connectivity index (χ0v) is 9.64. The SMILES string of the molecule is CC1COC(CCl)CN1S(=O)(=O)C(F)F. The molecule has 1 rings (SSSR count). The van der Waals surface area contributed by atoms with E-state index in [0.717, 1.165) is 4.31 Å². The number of nitrogens with zero attached hydrogens (tertiary/aromatic N) is 1. The van der Waals surface area contributed by atoms with Crippen molar-refractivity contribution in [3.05, 3.63) is 0 Å². The van der Waals surface area contributed by atoms with E-state index in [1.807, 2.05) is 0 Å². The minimum absolute atomic E-state index is 0.0853. The number of hydrogen-bond donors (Lipinski definition) is 0. The minimum atomic E-state index is -4.53. The van der Waals surface area contributed by atoms with Gasteiger partial charge in [-0.15, -0.1) is 11.6 Å². The molecule has 0 aliphatic carbocycles. The maximum atomic E-state index is 12.3. The summed E-state index contributed by atoms with van der Waals surface area (Å²) in [7, 11) is -4.53. The van der Waals surface area contributed by atoms with Crippen LogP contribution in [0, 0.1) is 0 Å². The van der Waals surface area contributed by atoms with Gasteiger partial charge in [-0.1, -0.05) is 0 Å². The van der Waals surface area contributed by atoms with Crippen LogP contribution in [0.5, 0.6) is 0 Å². The Morgan fingerprint density at radius 1 is 1.60 bits per heavy atom. The number of rotatable bonds is 3. The molecule has 0 aromatic heterocycles. The molecule has 0 amide bonds. The lowest BCUT2D eigenvalue weighted by molar-refractivity contribution is -0.0173. The summed E-state index contributed by atoms with van der Waals surface area (Å²) >= 11 is 5.49. The van der Waals surface area contributed by atoms with Crippen LogP contribution in [0.2, 0.25) is 0 Å². The summed E-state index contributed by atoms with van der Waals surface area (Å²) in [4.78, 5) is 0. The predicted octanol–water partition coefficient (Wildman–Crippen LogP) is 0.867. The Morgan fingerprint density at radius 2 is 2.20 bits per heavy atom. The fraction of sp³-hybridized carbons (Fsp3) is 1.00. The maximum Gasteiger partial charge on any atom is 0.350 e. The van der Waals surface area contributed by atoms with E-state index in [2.05, 4.69) is 0 Å². The smallest absolute Gasteiger partial charge is 0.350 e. The molecule has 0 bridgehead atoms. The van der Waals surface area contributed by atoms with Crippen molar-refractivity contribution in [2.45, 2.75) is 24.8 Å². The average Bonchev–Trinajstić information content (AvgIpc) is 2.18. The summed E-state index contributed by atoms with van der Waals surface area (Å²) in [6.07, 6.45) is -0.517. The Labute approximate surface area is 92.2 Å². The second kappa shape index (κ2) is 4.90.